The van der Waals surface area contributed by atoms with Crippen molar-refractivity contribution in [2.24, 2.45) is 0 Å². The zero-order valence-corrected chi connectivity index (χ0v) is 14.7. The second-order valence-corrected chi connectivity index (χ2v) is 6.91. The van der Waals surface area contributed by atoms with Crippen LogP contribution in [0.5, 0.6) is 0 Å². The summed E-state index contributed by atoms with van der Waals surface area (Å²) in [4.78, 5) is 15.8. The van der Waals surface area contributed by atoms with Gasteiger partial charge in [-0.05, 0) is 25.0 Å². The molecule has 2 aromatic rings. The van der Waals surface area contributed by atoms with E-state index in [9.17, 15) is 8.78 Å². The minimum atomic E-state index is -0.534. The summed E-state index contributed by atoms with van der Waals surface area (Å²) in [6.45, 7) is 5.86. The van der Waals surface area contributed by atoms with Gasteiger partial charge in [0.2, 0.25) is 5.95 Å². The summed E-state index contributed by atoms with van der Waals surface area (Å²) in [7, 11) is 0. The molecule has 0 N–H and O–H groups in total. The lowest BCUT2D eigenvalue weighted by molar-refractivity contribution is 0.246. The Labute approximate surface area is 152 Å². The van der Waals surface area contributed by atoms with Gasteiger partial charge >= 0.3 is 0 Å². The molecule has 7 heteroatoms. The van der Waals surface area contributed by atoms with Crippen LogP contribution >= 0.6 is 0 Å². The highest BCUT2D eigenvalue weighted by Crippen LogP contribution is 2.21. The van der Waals surface area contributed by atoms with E-state index >= 15 is 0 Å². The van der Waals surface area contributed by atoms with Crippen LogP contribution in [-0.4, -0.2) is 54.1 Å². The van der Waals surface area contributed by atoms with Gasteiger partial charge in [0.25, 0.3) is 0 Å². The average Bonchev–Trinajstić information content (AvgIpc) is 3.20. The molecule has 4 rings (SSSR count). The third-order valence-corrected chi connectivity index (χ3v) is 5.12. The predicted octanol–water partition coefficient (Wildman–Crippen LogP) is 2.68. The quantitative estimate of drug-likeness (QED) is 0.839. The SMILES string of the molecule is Fc1ccc(CN2CCN(c3ccnc(N4CCCC4)n3)CC2)c(F)c1. The number of hydrogen-bond donors (Lipinski definition) is 0. The maximum absolute atomic E-state index is 13.8. The molecule has 1 aromatic carbocycles. The molecule has 0 spiro atoms. The van der Waals surface area contributed by atoms with Gasteiger partial charge in [-0.25, -0.2) is 13.8 Å². The smallest absolute Gasteiger partial charge is 0.227 e. The second-order valence-electron chi connectivity index (χ2n) is 6.91. The first-order valence-electron chi connectivity index (χ1n) is 9.18. The average molecular weight is 359 g/mol. The van der Waals surface area contributed by atoms with Gasteiger partial charge in [-0.3, -0.25) is 4.90 Å². The molecule has 0 unspecified atom stereocenters. The minimum Gasteiger partial charge on any atom is -0.354 e. The van der Waals surface area contributed by atoms with Crippen LogP contribution in [0.4, 0.5) is 20.5 Å². The third-order valence-electron chi connectivity index (χ3n) is 5.12. The monoisotopic (exact) mass is 359 g/mol. The maximum Gasteiger partial charge on any atom is 0.227 e. The van der Waals surface area contributed by atoms with Crippen LogP contribution in [0.2, 0.25) is 0 Å². The summed E-state index contributed by atoms with van der Waals surface area (Å²) in [5.74, 6) is 0.762. The van der Waals surface area contributed by atoms with Crippen molar-refractivity contribution in [2.45, 2.75) is 19.4 Å². The Morgan fingerprint density at radius 2 is 1.65 bits per heavy atom. The predicted molar refractivity (Wildman–Crippen MR) is 97.3 cm³/mol. The highest BCUT2D eigenvalue weighted by Gasteiger charge is 2.21. The van der Waals surface area contributed by atoms with Crippen LogP contribution in [0.3, 0.4) is 0 Å². The van der Waals surface area contributed by atoms with E-state index < -0.39 is 11.6 Å². The summed E-state index contributed by atoms with van der Waals surface area (Å²) < 4.78 is 26.9. The molecule has 0 amide bonds. The van der Waals surface area contributed by atoms with Crippen molar-refractivity contribution in [3.05, 3.63) is 47.7 Å². The van der Waals surface area contributed by atoms with E-state index in [4.69, 9.17) is 4.98 Å². The third kappa shape index (κ3) is 3.77. The van der Waals surface area contributed by atoms with E-state index in [0.717, 1.165) is 57.1 Å². The van der Waals surface area contributed by atoms with Crippen molar-refractivity contribution in [1.82, 2.24) is 14.9 Å². The molecule has 0 bridgehead atoms. The Morgan fingerprint density at radius 1 is 0.885 bits per heavy atom. The highest BCUT2D eigenvalue weighted by atomic mass is 19.1. The number of piperazine rings is 1. The summed E-state index contributed by atoms with van der Waals surface area (Å²) in [5.41, 5.74) is 0.540. The van der Waals surface area contributed by atoms with E-state index in [1.54, 1.807) is 0 Å². The molecular formula is C19H23F2N5. The fourth-order valence-corrected chi connectivity index (χ4v) is 3.61. The first kappa shape index (κ1) is 17.1. The van der Waals surface area contributed by atoms with Gasteiger partial charge in [0.1, 0.15) is 17.5 Å². The lowest BCUT2D eigenvalue weighted by Crippen LogP contribution is -2.46. The fourth-order valence-electron chi connectivity index (χ4n) is 3.61. The molecule has 2 aliphatic heterocycles. The Bertz CT molecular complexity index is 755. The Morgan fingerprint density at radius 3 is 2.38 bits per heavy atom. The molecular weight excluding hydrogens is 336 g/mol. The standard InChI is InChI=1S/C19H23F2N5/c20-16-4-3-15(17(21)13-16)14-24-9-11-25(12-10-24)18-5-6-22-19(23-18)26-7-1-2-8-26/h3-6,13H,1-2,7-12,14H2. The van der Waals surface area contributed by atoms with Crippen molar-refractivity contribution < 1.29 is 8.78 Å². The summed E-state index contributed by atoms with van der Waals surface area (Å²) in [6, 6.07) is 5.75. The van der Waals surface area contributed by atoms with Crippen molar-refractivity contribution in [3.8, 4) is 0 Å². The van der Waals surface area contributed by atoms with Gasteiger partial charge in [-0.1, -0.05) is 6.07 Å². The number of rotatable bonds is 4. The number of anilines is 2. The molecule has 0 radical (unpaired) electrons. The number of benzene rings is 1. The molecule has 2 saturated heterocycles. The molecule has 5 nitrogen and oxygen atoms in total. The van der Waals surface area contributed by atoms with Crippen molar-refractivity contribution in [2.75, 3.05) is 49.1 Å². The lowest BCUT2D eigenvalue weighted by Gasteiger charge is -2.35. The van der Waals surface area contributed by atoms with E-state index in [1.165, 1.54) is 25.0 Å². The number of nitrogens with zero attached hydrogens (tertiary/aromatic N) is 5. The molecule has 0 atom stereocenters. The second kappa shape index (κ2) is 7.53. The molecule has 0 aliphatic carbocycles. The van der Waals surface area contributed by atoms with Gasteiger partial charge in [-0.15, -0.1) is 0 Å². The Kier molecular flexibility index (Phi) is 4.97. The van der Waals surface area contributed by atoms with Gasteiger partial charge in [0, 0.05) is 63.6 Å². The van der Waals surface area contributed by atoms with Crippen molar-refractivity contribution in [3.63, 3.8) is 0 Å². The molecule has 1 aromatic heterocycles. The summed E-state index contributed by atoms with van der Waals surface area (Å²) in [6.07, 6.45) is 4.23. The number of halogens is 2. The van der Waals surface area contributed by atoms with E-state index in [-0.39, 0.29) is 0 Å². The lowest BCUT2D eigenvalue weighted by atomic mass is 10.2. The molecule has 138 valence electrons. The Balaban J connectivity index is 1.37. The van der Waals surface area contributed by atoms with Crippen LogP contribution < -0.4 is 9.80 Å². The largest absolute Gasteiger partial charge is 0.354 e. The van der Waals surface area contributed by atoms with Gasteiger partial charge < -0.3 is 9.80 Å². The fraction of sp³-hybridized carbons (Fsp3) is 0.474. The summed E-state index contributed by atoms with van der Waals surface area (Å²) in [5, 5.41) is 0. The zero-order valence-electron chi connectivity index (χ0n) is 14.7. The van der Waals surface area contributed by atoms with E-state index in [0.29, 0.717) is 12.1 Å². The molecule has 26 heavy (non-hydrogen) atoms. The van der Waals surface area contributed by atoms with Crippen LogP contribution in [0, 0.1) is 11.6 Å². The molecule has 0 saturated carbocycles. The first-order valence-corrected chi connectivity index (χ1v) is 9.18. The number of aromatic nitrogens is 2. The highest BCUT2D eigenvalue weighted by molar-refractivity contribution is 5.44. The van der Waals surface area contributed by atoms with E-state index in [1.807, 2.05) is 12.3 Å². The topological polar surface area (TPSA) is 35.5 Å². The zero-order chi connectivity index (χ0) is 17.9. The maximum atomic E-state index is 13.8. The summed E-state index contributed by atoms with van der Waals surface area (Å²) >= 11 is 0. The van der Waals surface area contributed by atoms with Gasteiger partial charge in [0.15, 0.2) is 0 Å². The first-order chi connectivity index (χ1) is 12.7. The van der Waals surface area contributed by atoms with Crippen LogP contribution in [0.1, 0.15) is 18.4 Å². The van der Waals surface area contributed by atoms with Crippen LogP contribution in [0.15, 0.2) is 30.5 Å². The Hall–Kier alpha value is -2.28. The molecule has 2 fully saturated rings. The van der Waals surface area contributed by atoms with Crippen molar-refractivity contribution in [1.29, 1.82) is 0 Å². The molecule has 3 heterocycles. The minimum absolute atomic E-state index is 0.474. The van der Waals surface area contributed by atoms with E-state index in [2.05, 4.69) is 19.7 Å². The van der Waals surface area contributed by atoms with Gasteiger partial charge in [-0.2, -0.15) is 4.98 Å². The molecule has 2 aliphatic rings. The van der Waals surface area contributed by atoms with Crippen molar-refractivity contribution >= 4 is 11.8 Å². The van der Waals surface area contributed by atoms with Crippen LogP contribution in [0.25, 0.3) is 0 Å². The van der Waals surface area contributed by atoms with Crippen LogP contribution in [-0.2, 0) is 6.54 Å². The van der Waals surface area contributed by atoms with Gasteiger partial charge in [0.05, 0.1) is 0 Å². The normalized spacial score (nSPS) is 18.5. The number of hydrogen-bond acceptors (Lipinski definition) is 5.